The number of thiophene rings is 1. The van der Waals surface area contributed by atoms with Crippen molar-refractivity contribution >= 4 is 17.2 Å². The number of amides is 1. The zero-order valence-corrected chi connectivity index (χ0v) is 16.0. The van der Waals surface area contributed by atoms with Crippen molar-refractivity contribution in [3.8, 4) is 5.75 Å². The van der Waals surface area contributed by atoms with Crippen molar-refractivity contribution < 1.29 is 9.53 Å². The molecule has 1 unspecified atom stereocenters. The second-order valence-corrected chi connectivity index (χ2v) is 7.39. The van der Waals surface area contributed by atoms with Crippen LogP contribution in [0.5, 0.6) is 5.75 Å². The van der Waals surface area contributed by atoms with Gasteiger partial charge in [-0.3, -0.25) is 9.48 Å². The van der Waals surface area contributed by atoms with Crippen LogP contribution in [-0.4, -0.2) is 21.7 Å². The SMILES string of the molecule is Cc1ccc(OCc2csc(C(=O)NC(C)Cn3ccc(C)n3)c2)cc1. The van der Waals surface area contributed by atoms with Gasteiger partial charge in [0.25, 0.3) is 5.91 Å². The van der Waals surface area contributed by atoms with E-state index in [0.29, 0.717) is 18.0 Å². The number of ether oxygens (including phenoxy) is 1. The minimum Gasteiger partial charge on any atom is -0.489 e. The van der Waals surface area contributed by atoms with Gasteiger partial charge in [-0.15, -0.1) is 11.3 Å². The lowest BCUT2D eigenvalue weighted by Crippen LogP contribution is -2.35. The van der Waals surface area contributed by atoms with Gasteiger partial charge in [0, 0.05) is 17.8 Å². The number of benzene rings is 1. The van der Waals surface area contributed by atoms with Crippen LogP contribution in [0, 0.1) is 13.8 Å². The van der Waals surface area contributed by atoms with Crippen molar-refractivity contribution in [1.29, 1.82) is 0 Å². The zero-order valence-electron chi connectivity index (χ0n) is 15.2. The Kier molecular flexibility index (Phi) is 5.73. The van der Waals surface area contributed by atoms with Crippen LogP contribution in [0.4, 0.5) is 0 Å². The highest BCUT2D eigenvalue weighted by atomic mass is 32.1. The number of rotatable bonds is 7. The third-order valence-electron chi connectivity index (χ3n) is 3.92. The first-order chi connectivity index (χ1) is 12.5. The van der Waals surface area contributed by atoms with Crippen molar-refractivity contribution in [1.82, 2.24) is 15.1 Å². The molecule has 0 bridgehead atoms. The molecule has 0 aliphatic rings. The molecule has 2 aromatic heterocycles. The Bertz CT molecular complexity index is 867. The highest BCUT2D eigenvalue weighted by Crippen LogP contribution is 2.18. The van der Waals surface area contributed by atoms with Crippen molar-refractivity contribution in [2.24, 2.45) is 0 Å². The lowest BCUT2D eigenvalue weighted by Gasteiger charge is -2.13. The molecule has 5 nitrogen and oxygen atoms in total. The van der Waals surface area contributed by atoms with Gasteiger partial charge in [0.15, 0.2) is 0 Å². The number of carbonyl (C=O) groups is 1. The quantitative estimate of drug-likeness (QED) is 0.686. The van der Waals surface area contributed by atoms with Crippen molar-refractivity contribution in [2.45, 2.75) is 40.0 Å². The number of nitrogens with zero attached hydrogens (tertiary/aromatic N) is 2. The van der Waals surface area contributed by atoms with Gasteiger partial charge in [-0.05, 0) is 50.4 Å². The van der Waals surface area contributed by atoms with Gasteiger partial charge in [-0.2, -0.15) is 5.10 Å². The summed E-state index contributed by atoms with van der Waals surface area (Å²) in [6, 6.07) is 11.8. The third kappa shape index (κ3) is 4.95. The summed E-state index contributed by atoms with van der Waals surface area (Å²) in [5.74, 6) is 0.768. The standard InChI is InChI=1S/C20H23N3O2S/c1-14-4-6-18(7-5-14)25-12-17-10-19(26-13-17)20(24)21-16(3)11-23-9-8-15(2)22-23/h4-10,13,16H,11-12H2,1-3H3,(H,21,24). The van der Waals surface area contributed by atoms with E-state index in [0.717, 1.165) is 17.0 Å². The average Bonchev–Trinajstić information content (AvgIpc) is 3.23. The zero-order chi connectivity index (χ0) is 18.5. The number of aromatic nitrogens is 2. The predicted molar refractivity (Wildman–Crippen MR) is 104 cm³/mol. The largest absolute Gasteiger partial charge is 0.489 e. The summed E-state index contributed by atoms with van der Waals surface area (Å²) in [5.41, 5.74) is 3.17. The third-order valence-corrected chi connectivity index (χ3v) is 4.89. The van der Waals surface area contributed by atoms with Crippen LogP contribution in [0.1, 0.15) is 33.4 Å². The fourth-order valence-electron chi connectivity index (χ4n) is 2.56. The molecule has 0 saturated heterocycles. The Balaban J connectivity index is 1.51. The molecule has 0 spiro atoms. The molecule has 0 saturated carbocycles. The van der Waals surface area contributed by atoms with Crippen LogP contribution in [0.15, 0.2) is 48.0 Å². The number of nitrogens with one attached hydrogen (secondary N) is 1. The van der Waals surface area contributed by atoms with E-state index in [1.807, 2.05) is 73.4 Å². The molecule has 26 heavy (non-hydrogen) atoms. The fourth-order valence-corrected chi connectivity index (χ4v) is 3.36. The minimum atomic E-state index is -0.0621. The normalized spacial score (nSPS) is 12.0. The molecule has 1 N–H and O–H groups in total. The molecule has 0 aliphatic heterocycles. The Labute approximate surface area is 157 Å². The Morgan fingerprint density at radius 3 is 2.73 bits per heavy atom. The molecule has 3 aromatic rings. The van der Waals surface area contributed by atoms with E-state index in [1.165, 1.54) is 16.9 Å². The summed E-state index contributed by atoms with van der Waals surface area (Å²) in [4.78, 5) is 13.1. The Morgan fingerprint density at radius 1 is 1.27 bits per heavy atom. The lowest BCUT2D eigenvalue weighted by atomic mass is 10.2. The summed E-state index contributed by atoms with van der Waals surface area (Å²) in [7, 11) is 0. The van der Waals surface area contributed by atoms with Gasteiger partial charge in [-0.25, -0.2) is 0 Å². The average molecular weight is 369 g/mol. The van der Waals surface area contributed by atoms with E-state index < -0.39 is 0 Å². The topological polar surface area (TPSA) is 56.1 Å². The van der Waals surface area contributed by atoms with Crippen LogP contribution >= 0.6 is 11.3 Å². The number of hydrogen-bond donors (Lipinski definition) is 1. The van der Waals surface area contributed by atoms with E-state index in [9.17, 15) is 4.79 Å². The second-order valence-electron chi connectivity index (χ2n) is 6.47. The van der Waals surface area contributed by atoms with E-state index in [1.54, 1.807) is 0 Å². The van der Waals surface area contributed by atoms with Gasteiger partial charge < -0.3 is 10.1 Å². The number of hydrogen-bond acceptors (Lipinski definition) is 4. The lowest BCUT2D eigenvalue weighted by molar-refractivity contribution is 0.0940. The van der Waals surface area contributed by atoms with E-state index >= 15 is 0 Å². The smallest absolute Gasteiger partial charge is 0.261 e. The number of carbonyl (C=O) groups excluding carboxylic acids is 1. The van der Waals surface area contributed by atoms with E-state index in [-0.39, 0.29) is 11.9 Å². The first kappa shape index (κ1) is 18.2. The summed E-state index contributed by atoms with van der Waals surface area (Å²) in [5, 5.41) is 9.32. The van der Waals surface area contributed by atoms with Crippen LogP contribution in [-0.2, 0) is 13.2 Å². The van der Waals surface area contributed by atoms with Gasteiger partial charge in [0.1, 0.15) is 12.4 Å². The molecular weight excluding hydrogens is 346 g/mol. The van der Waals surface area contributed by atoms with Crippen LogP contribution < -0.4 is 10.1 Å². The summed E-state index contributed by atoms with van der Waals surface area (Å²) < 4.78 is 7.61. The monoisotopic (exact) mass is 369 g/mol. The van der Waals surface area contributed by atoms with Crippen molar-refractivity contribution in [3.63, 3.8) is 0 Å². The molecule has 6 heteroatoms. The first-order valence-electron chi connectivity index (χ1n) is 8.57. The Hall–Kier alpha value is -2.60. The predicted octanol–water partition coefficient (Wildman–Crippen LogP) is 3.96. The van der Waals surface area contributed by atoms with Gasteiger partial charge in [-0.1, -0.05) is 17.7 Å². The van der Waals surface area contributed by atoms with Crippen LogP contribution in [0.3, 0.4) is 0 Å². The molecule has 1 amide bonds. The highest BCUT2D eigenvalue weighted by molar-refractivity contribution is 7.12. The summed E-state index contributed by atoms with van der Waals surface area (Å²) >= 11 is 1.43. The number of aryl methyl sites for hydroxylation is 2. The maximum absolute atomic E-state index is 12.4. The van der Waals surface area contributed by atoms with Gasteiger partial charge in [0.2, 0.25) is 0 Å². The molecule has 1 aromatic carbocycles. The van der Waals surface area contributed by atoms with Gasteiger partial charge >= 0.3 is 0 Å². The van der Waals surface area contributed by atoms with Crippen LogP contribution in [0.2, 0.25) is 0 Å². The van der Waals surface area contributed by atoms with E-state index in [4.69, 9.17) is 4.74 Å². The summed E-state index contributed by atoms with van der Waals surface area (Å²) in [6.45, 7) is 7.07. The second kappa shape index (κ2) is 8.19. The highest BCUT2D eigenvalue weighted by Gasteiger charge is 2.13. The molecular formula is C20H23N3O2S. The van der Waals surface area contributed by atoms with Gasteiger partial charge in [0.05, 0.1) is 17.1 Å². The van der Waals surface area contributed by atoms with Crippen LogP contribution in [0.25, 0.3) is 0 Å². The molecule has 0 aliphatic carbocycles. The maximum Gasteiger partial charge on any atom is 0.261 e. The molecule has 0 radical (unpaired) electrons. The maximum atomic E-state index is 12.4. The fraction of sp³-hybridized carbons (Fsp3) is 0.300. The Morgan fingerprint density at radius 2 is 2.04 bits per heavy atom. The molecule has 136 valence electrons. The molecule has 1 atom stereocenters. The first-order valence-corrected chi connectivity index (χ1v) is 9.45. The molecule has 0 fully saturated rings. The van der Waals surface area contributed by atoms with Crippen molar-refractivity contribution in [3.05, 3.63) is 69.7 Å². The summed E-state index contributed by atoms with van der Waals surface area (Å²) in [6.07, 6.45) is 1.92. The van der Waals surface area contributed by atoms with E-state index in [2.05, 4.69) is 10.4 Å². The molecule has 3 rings (SSSR count). The molecule has 2 heterocycles. The minimum absolute atomic E-state index is 0.00356. The van der Waals surface area contributed by atoms with Crippen molar-refractivity contribution in [2.75, 3.05) is 0 Å².